The smallest absolute Gasteiger partial charge is 1.00 e. The van der Waals surface area contributed by atoms with E-state index < -0.39 is 12.1 Å². The number of aryl methyl sites for hydroxylation is 3. The van der Waals surface area contributed by atoms with E-state index in [0.717, 1.165) is 24.1 Å². The predicted molar refractivity (Wildman–Crippen MR) is 121 cm³/mol. The molecule has 0 fully saturated rings. The van der Waals surface area contributed by atoms with Gasteiger partial charge in [0.1, 0.15) is 23.7 Å². The van der Waals surface area contributed by atoms with Gasteiger partial charge in [-0.1, -0.05) is 25.5 Å². The van der Waals surface area contributed by atoms with Crippen molar-refractivity contribution in [2.75, 3.05) is 13.2 Å². The molecule has 1 N–H and O–H groups in total. The molecule has 0 aliphatic heterocycles. The first-order chi connectivity index (χ1) is 15.3. The van der Waals surface area contributed by atoms with E-state index in [1.54, 1.807) is 35.4 Å². The molecule has 0 aliphatic carbocycles. The maximum Gasteiger partial charge on any atom is 1.00 e. The Labute approximate surface area is 206 Å². The first-order valence-corrected chi connectivity index (χ1v) is 10.8. The summed E-state index contributed by atoms with van der Waals surface area (Å²) >= 11 is 0. The summed E-state index contributed by atoms with van der Waals surface area (Å²) in [4.78, 5) is 28.9. The number of aromatic nitrogens is 4. The molecule has 3 rings (SSSR count). The molecule has 0 bridgehead atoms. The Morgan fingerprint density at radius 3 is 2.55 bits per heavy atom. The third-order valence-corrected chi connectivity index (χ3v) is 5.26. The van der Waals surface area contributed by atoms with E-state index in [4.69, 9.17) is 9.47 Å². The Bertz CT molecular complexity index is 1150. The van der Waals surface area contributed by atoms with Crippen LogP contribution in [-0.4, -0.2) is 49.7 Å². The standard InChI is InChI=1S/C23H30N4O5.Li.H/c1-5-7-18-20-21(26(4)25-18)22(28)27(15(3)24-20)12-13-32-17-10-8-16(9-11-17)14-19(23(29)30)31-6-2;;/h8-11,19H,5-7,12-14H2,1-4H3,(H,29,30);;/q;+1;-1. The Hall–Kier alpha value is -2.60. The van der Waals surface area contributed by atoms with Gasteiger partial charge in [0.25, 0.3) is 5.56 Å². The van der Waals surface area contributed by atoms with Crippen molar-refractivity contribution in [2.24, 2.45) is 7.05 Å². The summed E-state index contributed by atoms with van der Waals surface area (Å²) in [5.41, 5.74) is 2.75. The fourth-order valence-electron chi connectivity index (χ4n) is 3.70. The number of rotatable bonds is 11. The molecule has 2 heterocycles. The van der Waals surface area contributed by atoms with Gasteiger partial charge in [-0.25, -0.2) is 9.78 Å². The molecule has 174 valence electrons. The van der Waals surface area contributed by atoms with Gasteiger partial charge in [0.2, 0.25) is 0 Å². The summed E-state index contributed by atoms with van der Waals surface area (Å²) in [6.45, 7) is 6.65. The second-order valence-electron chi connectivity index (χ2n) is 7.61. The summed E-state index contributed by atoms with van der Waals surface area (Å²) in [5.74, 6) is 0.291. The number of nitrogens with zero attached hydrogens (tertiary/aromatic N) is 4. The Morgan fingerprint density at radius 2 is 1.94 bits per heavy atom. The van der Waals surface area contributed by atoms with Gasteiger partial charge in [0.15, 0.2) is 11.6 Å². The molecule has 10 heteroatoms. The number of carboxylic acid groups (broad SMARTS) is 1. The molecule has 1 atom stereocenters. The number of hydrogen-bond donors (Lipinski definition) is 1. The molecule has 1 aromatic carbocycles. The molecule has 0 saturated carbocycles. The topological polar surface area (TPSA) is 108 Å². The molecule has 2 aromatic heterocycles. The summed E-state index contributed by atoms with van der Waals surface area (Å²) in [6.07, 6.45) is 1.14. The van der Waals surface area contributed by atoms with Crippen LogP contribution in [-0.2, 0) is 36.0 Å². The van der Waals surface area contributed by atoms with Gasteiger partial charge in [-0.3, -0.25) is 14.0 Å². The Balaban J connectivity index is 0.00000289. The van der Waals surface area contributed by atoms with Crippen LogP contribution in [0, 0.1) is 6.92 Å². The number of fused-ring (bicyclic) bond motifs is 1. The third-order valence-electron chi connectivity index (χ3n) is 5.26. The number of carboxylic acids is 1. The van der Waals surface area contributed by atoms with Gasteiger partial charge >= 0.3 is 24.8 Å². The average molecular weight is 450 g/mol. The van der Waals surface area contributed by atoms with E-state index >= 15 is 0 Å². The number of benzene rings is 1. The van der Waals surface area contributed by atoms with Crippen LogP contribution >= 0.6 is 0 Å². The van der Waals surface area contributed by atoms with Gasteiger partial charge in [-0.2, -0.15) is 5.10 Å². The molecule has 0 saturated heterocycles. The second-order valence-corrected chi connectivity index (χ2v) is 7.61. The molecule has 0 aliphatic rings. The molecule has 3 aromatic rings. The zero-order valence-electron chi connectivity index (χ0n) is 21.0. The molecule has 1 unspecified atom stereocenters. The van der Waals surface area contributed by atoms with Crippen LogP contribution in [0.15, 0.2) is 29.1 Å². The molecule has 33 heavy (non-hydrogen) atoms. The normalized spacial score (nSPS) is 11.9. The maximum absolute atomic E-state index is 13.0. The number of hydrogen-bond acceptors (Lipinski definition) is 6. The average Bonchev–Trinajstić information content (AvgIpc) is 3.06. The zero-order valence-corrected chi connectivity index (χ0v) is 20.0. The molecule has 0 radical (unpaired) electrons. The Kier molecular flexibility index (Phi) is 9.71. The van der Waals surface area contributed by atoms with Crippen molar-refractivity contribution in [3.8, 4) is 5.75 Å². The Morgan fingerprint density at radius 1 is 1.24 bits per heavy atom. The van der Waals surface area contributed by atoms with Gasteiger partial charge in [0, 0.05) is 20.1 Å². The van der Waals surface area contributed by atoms with Crippen LogP contribution in [0.3, 0.4) is 0 Å². The molecule has 0 spiro atoms. The van der Waals surface area contributed by atoms with E-state index in [2.05, 4.69) is 17.0 Å². The summed E-state index contributed by atoms with van der Waals surface area (Å²) in [7, 11) is 1.77. The van der Waals surface area contributed by atoms with Crippen LogP contribution in [0.2, 0.25) is 0 Å². The minimum Gasteiger partial charge on any atom is -1.00 e. The van der Waals surface area contributed by atoms with Gasteiger partial charge < -0.3 is 16.0 Å². The van der Waals surface area contributed by atoms with E-state index in [0.29, 0.717) is 42.4 Å². The summed E-state index contributed by atoms with van der Waals surface area (Å²) in [6, 6.07) is 7.21. The zero-order chi connectivity index (χ0) is 23.3. The van der Waals surface area contributed by atoms with E-state index in [1.165, 1.54) is 0 Å². The first kappa shape index (κ1) is 26.6. The minimum absolute atomic E-state index is 0. The van der Waals surface area contributed by atoms with Gasteiger partial charge in [0.05, 0.1) is 12.2 Å². The minimum atomic E-state index is -0.978. The number of ether oxygens (including phenoxy) is 2. The predicted octanol–water partition coefficient (Wildman–Crippen LogP) is -0.381. The fraction of sp³-hybridized carbons (Fsp3) is 0.478. The van der Waals surface area contributed by atoms with Crippen molar-refractivity contribution in [3.63, 3.8) is 0 Å². The maximum atomic E-state index is 13.0. The van der Waals surface area contributed by atoms with Crippen molar-refractivity contribution in [1.82, 2.24) is 19.3 Å². The van der Waals surface area contributed by atoms with Crippen LogP contribution in [0.1, 0.15) is 38.8 Å². The van der Waals surface area contributed by atoms with Gasteiger partial charge in [-0.05, 0) is 38.0 Å². The molecular formula is C23H31LiN4O5. The monoisotopic (exact) mass is 450 g/mol. The van der Waals surface area contributed by atoms with Crippen LogP contribution < -0.4 is 29.2 Å². The van der Waals surface area contributed by atoms with Crippen molar-refractivity contribution in [1.29, 1.82) is 0 Å². The summed E-state index contributed by atoms with van der Waals surface area (Å²) < 4.78 is 14.3. The van der Waals surface area contributed by atoms with Crippen LogP contribution in [0.25, 0.3) is 11.0 Å². The largest absolute Gasteiger partial charge is 1.00 e. The number of carbonyl (C=O) groups is 1. The summed E-state index contributed by atoms with van der Waals surface area (Å²) in [5, 5.41) is 13.7. The van der Waals surface area contributed by atoms with Crippen molar-refractivity contribution >= 4 is 17.0 Å². The number of aliphatic carboxylic acids is 1. The molecular weight excluding hydrogens is 419 g/mol. The van der Waals surface area contributed by atoms with E-state index in [-0.39, 0.29) is 32.3 Å². The third kappa shape index (κ3) is 6.25. The van der Waals surface area contributed by atoms with Crippen molar-refractivity contribution in [3.05, 3.63) is 51.7 Å². The van der Waals surface area contributed by atoms with Crippen LogP contribution in [0.4, 0.5) is 0 Å². The van der Waals surface area contributed by atoms with Crippen molar-refractivity contribution in [2.45, 2.75) is 52.7 Å². The SMILES string of the molecule is CCCc1nn(C)c2c(=O)n(CCOc3ccc(CC(OCC)C(=O)O)cc3)c(C)nc12.[H-].[Li+]. The molecule has 9 nitrogen and oxygen atoms in total. The van der Waals surface area contributed by atoms with Gasteiger partial charge in [-0.15, -0.1) is 0 Å². The fourth-order valence-corrected chi connectivity index (χ4v) is 3.70. The first-order valence-electron chi connectivity index (χ1n) is 10.8. The van der Waals surface area contributed by atoms with E-state index in [9.17, 15) is 14.7 Å². The van der Waals surface area contributed by atoms with E-state index in [1.807, 2.05) is 19.1 Å². The van der Waals surface area contributed by atoms with Crippen molar-refractivity contribution < 1.29 is 39.7 Å². The second kappa shape index (κ2) is 12.0. The van der Waals surface area contributed by atoms with Crippen LogP contribution in [0.5, 0.6) is 5.75 Å². The molecule has 0 amide bonds. The quantitative estimate of drug-likeness (QED) is 0.397.